The molecule has 1 amide bonds. The van der Waals surface area contributed by atoms with Crippen molar-refractivity contribution in [1.29, 1.82) is 0 Å². The highest BCUT2D eigenvalue weighted by Crippen LogP contribution is 2.18. The lowest BCUT2D eigenvalue weighted by Gasteiger charge is -2.35. The van der Waals surface area contributed by atoms with Crippen LogP contribution in [-0.2, 0) is 6.54 Å². The van der Waals surface area contributed by atoms with Gasteiger partial charge < -0.3 is 9.80 Å². The van der Waals surface area contributed by atoms with Crippen LogP contribution in [0.2, 0.25) is 0 Å². The van der Waals surface area contributed by atoms with Gasteiger partial charge in [-0.25, -0.2) is 9.37 Å². The molecule has 3 aromatic rings. The predicted octanol–water partition coefficient (Wildman–Crippen LogP) is 2.75. The molecule has 1 fully saturated rings. The number of hydrogen-bond donors (Lipinski definition) is 0. The van der Waals surface area contributed by atoms with E-state index in [0.717, 1.165) is 36.9 Å². The van der Waals surface area contributed by atoms with E-state index in [1.165, 1.54) is 16.7 Å². The third kappa shape index (κ3) is 3.98. The summed E-state index contributed by atoms with van der Waals surface area (Å²) in [4.78, 5) is 34.9. The SMILES string of the molecule is CN1CCC(N(C)C(=O)c2cc3cccnc3n(Cc3ccc(F)cc3)c2=O)CC1. The number of nitrogens with zero attached hydrogens (tertiary/aromatic N) is 4. The third-order valence-electron chi connectivity index (χ3n) is 5.89. The van der Waals surface area contributed by atoms with Crippen LogP contribution in [0.25, 0.3) is 11.0 Å². The molecule has 2 aromatic heterocycles. The zero-order valence-corrected chi connectivity index (χ0v) is 17.2. The molecule has 4 rings (SSSR count). The van der Waals surface area contributed by atoms with E-state index in [1.54, 1.807) is 42.4 Å². The number of halogens is 1. The quantitative estimate of drug-likeness (QED) is 0.666. The number of hydrogen-bond acceptors (Lipinski definition) is 4. The lowest BCUT2D eigenvalue weighted by atomic mass is 10.0. The molecule has 6 nitrogen and oxygen atoms in total. The number of likely N-dealkylation sites (tertiary alicyclic amines) is 1. The summed E-state index contributed by atoms with van der Waals surface area (Å²) in [5.74, 6) is -0.606. The standard InChI is InChI=1S/C23H25FN4O2/c1-26-12-9-19(10-13-26)27(2)22(29)20-14-17-4-3-11-25-21(17)28(23(20)30)15-16-5-7-18(24)8-6-16/h3-8,11,14,19H,9-10,12-13,15H2,1-2H3. The molecule has 0 spiro atoms. The van der Waals surface area contributed by atoms with Gasteiger partial charge in [0.15, 0.2) is 0 Å². The van der Waals surface area contributed by atoms with Gasteiger partial charge in [-0.3, -0.25) is 14.2 Å². The van der Waals surface area contributed by atoms with E-state index in [4.69, 9.17) is 0 Å². The fourth-order valence-electron chi connectivity index (χ4n) is 4.02. The highest BCUT2D eigenvalue weighted by Gasteiger charge is 2.27. The maximum atomic E-state index is 13.3. The molecule has 1 aliphatic heterocycles. The van der Waals surface area contributed by atoms with Gasteiger partial charge >= 0.3 is 0 Å². The normalized spacial score (nSPS) is 15.4. The van der Waals surface area contributed by atoms with Crippen molar-refractivity contribution in [3.05, 3.63) is 76.0 Å². The summed E-state index contributed by atoms with van der Waals surface area (Å²) in [6, 6.07) is 11.4. The van der Waals surface area contributed by atoms with Gasteiger partial charge in [0.25, 0.3) is 11.5 Å². The number of carbonyl (C=O) groups excluding carboxylic acids is 1. The Morgan fingerprint density at radius 3 is 2.60 bits per heavy atom. The van der Waals surface area contributed by atoms with E-state index in [-0.39, 0.29) is 35.4 Å². The number of aromatic nitrogens is 2. The van der Waals surface area contributed by atoms with Crippen LogP contribution in [0.5, 0.6) is 0 Å². The van der Waals surface area contributed by atoms with Gasteiger partial charge in [-0.05, 0) is 68.9 Å². The molecular formula is C23H25FN4O2. The summed E-state index contributed by atoms with van der Waals surface area (Å²) >= 11 is 0. The molecule has 0 unspecified atom stereocenters. The van der Waals surface area contributed by atoms with Crippen molar-refractivity contribution in [1.82, 2.24) is 19.4 Å². The fourth-order valence-corrected chi connectivity index (χ4v) is 4.02. The second kappa shape index (κ2) is 8.36. The number of fused-ring (bicyclic) bond motifs is 1. The molecule has 1 saturated heterocycles. The Bertz CT molecular complexity index is 1120. The molecule has 0 aliphatic carbocycles. The summed E-state index contributed by atoms with van der Waals surface area (Å²) in [6.45, 7) is 2.07. The second-order valence-corrected chi connectivity index (χ2v) is 7.94. The number of rotatable bonds is 4. The summed E-state index contributed by atoms with van der Waals surface area (Å²) in [5, 5.41) is 0.722. The number of piperidine rings is 1. The first-order valence-corrected chi connectivity index (χ1v) is 10.1. The van der Waals surface area contributed by atoms with Crippen molar-refractivity contribution in [2.45, 2.75) is 25.4 Å². The third-order valence-corrected chi connectivity index (χ3v) is 5.89. The van der Waals surface area contributed by atoms with Crippen molar-refractivity contribution in [2.75, 3.05) is 27.2 Å². The fraction of sp³-hybridized carbons (Fsp3) is 0.348. The average Bonchev–Trinajstić information content (AvgIpc) is 2.76. The van der Waals surface area contributed by atoms with Gasteiger partial charge in [-0.2, -0.15) is 0 Å². The lowest BCUT2D eigenvalue weighted by molar-refractivity contribution is 0.0657. The Morgan fingerprint density at radius 2 is 1.90 bits per heavy atom. The van der Waals surface area contributed by atoms with E-state index >= 15 is 0 Å². The monoisotopic (exact) mass is 408 g/mol. The number of pyridine rings is 2. The van der Waals surface area contributed by atoms with Gasteiger partial charge in [0.05, 0.1) is 6.54 Å². The Hall–Kier alpha value is -3.06. The minimum Gasteiger partial charge on any atom is -0.338 e. The summed E-state index contributed by atoms with van der Waals surface area (Å²) in [6.07, 6.45) is 3.39. The summed E-state index contributed by atoms with van der Waals surface area (Å²) in [5.41, 5.74) is 1.03. The Balaban J connectivity index is 1.73. The molecule has 0 radical (unpaired) electrons. The molecule has 0 saturated carbocycles. The first kappa shape index (κ1) is 20.2. The Morgan fingerprint density at radius 1 is 1.20 bits per heavy atom. The first-order chi connectivity index (χ1) is 14.4. The van der Waals surface area contributed by atoms with Gasteiger partial charge in [0.1, 0.15) is 17.0 Å². The van der Waals surface area contributed by atoms with Crippen LogP contribution in [0.1, 0.15) is 28.8 Å². The minimum atomic E-state index is -0.379. The zero-order valence-electron chi connectivity index (χ0n) is 17.2. The van der Waals surface area contributed by atoms with Crippen molar-refractivity contribution in [3.8, 4) is 0 Å². The molecule has 0 N–H and O–H groups in total. The molecule has 0 bridgehead atoms. The van der Waals surface area contributed by atoms with Crippen molar-refractivity contribution in [2.24, 2.45) is 0 Å². The highest BCUT2D eigenvalue weighted by molar-refractivity contribution is 5.97. The van der Waals surface area contributed by atoms with Crippen LogP contribution >= 0.6 is 0 Å². The van der Waals surface area contributed by atoms with Gasteiger partial charge in [0, 0.05) is 24.7 Å². The number of amides is 1. The maximum Gasteiger partial charge on any atom is 0.265 e. The Kier molecular flexibility index (Phi) is 5.63. The number of benzene rings is 1. The van der Waals surface area contributed by atoms with Crippen LogP contribution < -0.4 is 5.56 Å². The second-order valence-electron chi connectivity index (χ2n) is 7.94. The smallest absolute Gasteiger partial charge is 0.265 e. The molecule has 7 heteroatoms. The summed E-state index contributed by atoms with van der Waals surface area (Å²) in [7, 11) is 3.85. The van der Waals surface area contributed by atoms with Gasteiger partial charge in [-0.1, -0.05) is 12.1 Å². The van der Waals surface area contributed by atoms with Crippen LogP contribution in [0.15, 0.2) is 53.5 Å². The van der Waals surface area contributed by atoms with Crippen molar-refractivity contribution < 1.29 is 9.18 Å². The predicted molar refractivity (Wildman–Crippen MR) is 114 cm³/mol. The molecule has 3 heterocycles. The topological polar surface area (TPSA) is 58.4 Å². The molecule has 1 aliphatic rings. The molecule has 0 atom stereocenters. The van der Waals surface area contributed by atoms with Crippen LogP contribution in [0, 0.1) is 5.82 Å². The van der Waals surface area contributed by atoms with Crippen LogP contribution in [0.4, 0.5) is 4.39 Å². The van der Waals surface area contributed by atoms with Crippen molar-refractivity contribution >= 4 is 16.9 Å². The summed E-state index contributed by atoms with van der Waals surface area (Å²) < 4.78 is 14.8. The zero-order chi connectivity index (χ0) is 21.3. The van der Waals surface area contributed by atoms with Gasteiger partial charge in [0.2, 0.25) is 0 Å². The average molecular weight is 408 g/mol. The first-order valence-electron chi connectivity index (χ1n) is 10.1. The molecule has 30 heavy (non-hydrogen) atoms. The molecular weight excluding hydrogens is 383 g/mol. The lowest BCUT2D eigenvalue weighted by Crippen LogP contribution is -2.46. The largest absolute Gasteiger partial charge is 0.338 e. The molecule has 1 aromatic carbocycles. The molecule has 156 valence electrons. The van der Waals surface area contributed by atoms with E-state index in [9.17, 15) is 14.0 Å². The van der Waals surface area contributed by atoms with E-state index in [1.807, 2.05) is 6.07 Å². The highest BCUT2D eigenvalue weighted by atomic mass is 19.1. The van der Waals surface area contributed by atoms with Gasteiger partial charge in [-0.15, -0.1) is 0 Å². The van der Waals surface area contributed by atoms with Crippen LogP contribution in [-0.4, -0.2) is 58.5 Å². The van der Waals surface area contributed by atoms with E-state index < -0.39 is 0 Å². The number of carbonyl (C=O) groups is 1. The maximum absolute atomic E-state index is 13.3. The van der Waals surface area contributed by atoms with E-state index in [0.29, 0.717) is 5.65 Å². The Labute approximate surface area is 174 Å². The van der Waals surface area contributed by atoms with Crippen molar-refractivity contribution in [3.63, 3.8) is 0 Å². The minimum absolute atomic E-state index is 0.114. The van der Waals surface area contributed by atoms with Crippen LogP contribution in [0.3, 0.4) is 0 Å². The van der Waals surface area contributed by atoms with E-state index in [2.05, 4.69) is 16.9 Å².